The Morgan fingerprint density at radius 1 is 1.11 bits per heavy atom. The van der Waals surface area contributed by atoms with Crippen molar-refractivity contribution in [2.24, 2.45) is 5.92 Å². The van der Waals surface area contributed by atoms with E-state index in [1.165, 1.54) is 31.4 Å². The Balaban J connectivity index is 2.11. The second-order valence-corrected chi connectivity index (χ2v) is 8.24. The van der Waals surface area contributed by atoms with Crippen molar-refractivity contribution in [2.75, 3.05) is 23.7 Å². The molecular formula is C19H25N3O4S. The molecule has 0 atom stereocenters. The summed E-state index contributed by atoms with van der Waals surface area (Å²) in [5, 5.41) is 5.40. The number of carbonyl (C=O) groups excluding carboxylic acids is 1. The number of urea groups is 1. The van der Waals surface area contributed by atoms with Gasteiger partial charge in [0.15, 0.2) is 0 Å². The van der Waals surface area contributed by atoms with Gasteiger partial charge in [0, 0.05) is 12.2 Å². The lowest BCUT2D eigenvalue weighted by molar-refractivity contribution is 0.251. The lowest BCUT2D eigenvalue weighted by Crippen LogP contribution is -2.31. The number of aryl methyl sites for hydroxylation is 1. The molecule has 0 aromatic heterocycles. The van der Waals surface area contributed by atoms with Crippen LogP contribution in [0.4, 0.5) is 16.2 Å². The van der Waals surface area contributed by atoms with Gasteiger partial charge >= 0.3 is 6.03 Å². The number of hydrogen-bond donors (Lipinski definition) is 3. The Bertz CT molecular complexity index is 894. The first kappa shape index (κ1) is 20.6. The van der Waals surface area contributed by atoms with Crippen LogP contribution in [0.15, 0.2) is 47.4 Å². The van der Waals surface area contributed by atoms with E-state index in [9.17, 15) is 13.2 Å². The molecule has 146 valence electrons. The Kier molecular flexibility index (Phi) is 6.68. The van der Waals surface area contributed by atoms with Crippen LogP contribution in [-0.4, -0.2) is 28.1 Å². The fraction of sp³-hybridized carbons (Fsp3) is 0.316. The number of sulfonamides is 1. The molecule has 0 unspecified atom stereocenters. The summed E-state index contributed by atoms with van der Waals surface area (Å²) in [6, 6.07) is 10.9. The number of ether oxygens (including phenoxy) is 1. The van der Waals surface area contributed by atoms with Gasteiger partial charge in [0.05, 0.1) is 17.7 Å². The molecule has 0 spiro atoms. The number of nitrogens with one attached hydrogen (secondary N) is 3. The van der Waals surface area contributed by atoms with Crippen LogP contribution in [0.25, 0.3) is 0 Å². The molecule has 27 heavy (non-hydrogen) atoms. The van der Waals surface area contributed by atoms with Crippen LogP contribution in [0.5, 0.6) is 5.75 Å². The molecular weight excluding hydrogens is 366 g/mol. The lowest BCUT2D eigenvalue weighted by Gasteiger charge is -2.13. The van der Waals surface area contributed by atoms with Crippen LogP contribution in [0, 0.1) is 12.8 Å². The Labute approximate surface area is 160 Å². The van der Waals surface area contributed by atoms with Gasteiger partial charge in [0.1, 0.15) is 5.75 Å². The SMILES string of the molecule is COc1ccc(C)cc1NS(=O)(=O)c1ccc(NC(=O)NCC(C)C)cc1. The summed E-state index contributed by atoms with van der Waals surface area (Å²) in [4.78, 5) is 11.9. The zero-order valence-electron chi connectivity index (χ0n) is 15.9. The fourth-order valence-corrected chi connectivity index (χ4v) is 3.36. The third-order valence-electron chi connectivity index (χ3n) is 3.69. The number of carbonyl (C=O) groups is 1. The van der Waals surface area contributed by atoms with Crippen molar-refractivity contribution >= 4 is 27.4 Å². The number of hydrogen-bond acceptors (Lipinski definition) is 4. The van der Waals surface area contributed by atoms with E-state index in [-0.39, 0.29) is 10.9 Å². The normalized spacial score (nSPS) is 11.1. The summed E-state index contributed by atoms with van der Waals surface area (Å²) in [6.45, 7) is 6.41. The van der Waals surface area contributed by atoms with Gasteiger partial charge in [0.2, 0.25) is 0 Å². The quantitative estimate of drug-likeness (QED) is 0.672. The monoisotopic (exact) mass is 391 g/mol. The van der Waals surface area contributed by atoms with Crippen molar-refractivity contribution in [2.45, 2.75) is 25.7 Å². The van der Waals surface area contributed by atoms with Crippen LogP contribution >= 0.6 is 0 Å². The number of amides is 2. The number of methoxy groups -OCH3 is 1. The third-order valence-corrected chi connectivity index (χ3v) is 5.07. The number of benzene rings is 2. The van der Waals surface area contributed by atoms with Crippen molar-refractivity contribution in [3.8, 4) is 5.75 Å². The van der Waals surface area contributed by atoms with E-state index in [4.69, 9.17) is 4.74 Å². The number of rotatable bonds is 7. The van der Waals surface area contributed by atoms with Gasteiger partial charge in [0.25, 0.3) is 10.0 Å². The summed E-state index contributed by atoms with van der Waals surface area (Å²) >= 11 is 0. The van der Waals surface area contributed by atoms with E-state index in [1.807, 2.05) is 26.8 Å². The maximum absolute atomic E-state index is 12.6. The minimum Gasteiger partial charge on any atom is -0.495 e. The molecule has 0 saturated heterocycles. The Morgan fingerprint density at radius 3 is 2.37 bits per heavy atom. The van der Waals surface area contributed by atoms with Gasteiger partial charge in [-0.15, -0.1) is 0 Å². The molecule has 7 nitrogen and oxygen atoms in total. The van der Waals surface area contributed by atoms with E-state index in [1.54, 1.807) is 12.1 Å². The third kappa shape index (κ3) is 5.89. The van der Waals surface area contributed by atoms with E-state index >= 15 is 0 Å². The fourth-order valence-electron chi connectivity index (χ4n) is 2.29. The minimum atomic E-state index is -3.79. The molecule has 8 heteroatoms. The highest BCUT2D eigenvalue weighted by Gasteiger charge is 2.17. The van der Waals surface area contributed by atoms with Gasteiger partial charge in [-0.3, -0.25) is 4.72 Å². The molecule has 2 amide bonds. The topological polar surface area (TPSA) is 96.5 Å². The smallest absolute Gasteiger partial charge is 0.319 e. The predicted octanol–water partition coefficient (Wildman–Crippen LogP) is 3.58. The first-order valence-electron chi connectivity index (χ1n) is 8.53. The van der Waals surface area contributed by atoms with E-state index in [0.29, 0.717) is 29.6 Å². The molecule has 0 fully saturated rings. The molecule has 2 rings (SSSR count). The van der Waals surface area contributed by atoms with Crippen molar-refractivity contribution in [3.63, 3.8) is 0 Å². The zero-order valence-corrected chi connectivity index (χ0v) is 16.7. The van der Waals surface area contributed by atoms with Gasteiger partial charge in [-0.2, -0.15) is 0 Å². The maximum Gasteiger partial charge on any atom is 0.319 e. The predicted molar refractivity (Wildman–Crippen MR) is 107 cm³/mol. The van der Waals surface area contributed by atoms with Crippen LogP contribution in [0.3, 0.4) is 0 Å². The summed E-state index contributed by atoms with van der Waals surface area (Å²) in [6.07, 6.45) is 0. The molecule has 0 aliphatic heterocycles. The second kappa shape index (κ2) is 8.77. The molecule has 0 aliphatic rings. The van der Waals surface area contributed by atoms with Gasteiger partial charge in [-0.1, -0.05) is 19.9 Å². The van der Waals surface area contributed by atoms with Gasteiger partial charge < -0.3 is 15.4 Å². The maximum atomic E-state index is 12.6. The van der Waals surface area contributed by atoms with Gasteiger partial charge in [-0.05, 0) is 54.8 Å². The summed E-state index contributed by atoms with van der Waals surface area (Å²) in [7, 11) is -2.31. The first-order chi connectivity index (χ1) is 12.7. The van der Waals surface area contributed by atoms with Gasteiger partial charge in [-0.25, -0.2) is 13.2 Å². The van der Waals surface area contributed by atoms with E-state index < -0.39 is 10.0 Å². The molecule has 2 aromatic rings. The van der Waals surface area contributed by atoms with Crippen molar-refractivity contribution in [1.82, 2.24) is 5.32 Å². The molecule has 0 radical (unpaired) electrons. The zero-order chi connectivity index (χ0) is 20.0. The highest BCUT2D eigenvalue weighted by Crippen LogP contribution is 2.28. The Hall–Kier alpha value is -2.74. The van der Waals surface area contributed by atoms with Crippen LogP contribution < -0.4 is 20.1 Å². The van der Waals surface area contributed by atoms with E-state index in [2.05, 4.69) is 15.4 Å². The highest BCUT2D eigenvalue weighted by atomic mass is 32.2. The Morgan fingerprint density at radius 2 is 1.78 bits per heavy atom. The van der Waals surface area contributed by atoms with Crippen LogP contribution in [-0.2, 0) is 10.0 Å². The molecule has 3 N–H and O–H groups in total. The van der Waals surface area contributed by atoms with Crippen LogP contribution in [0.1, 0.15) is 19.4 Å². The van der Waals surface area contributed by atoms with Crippen molar-refractivity contribution in [3.05, 3.63) is 48.0 Å². The van der Waals surface area contributed by atoms with Crippen molar-refractivity contribution in [1.29, 1.82) is 0 Å². The highest BCUT2D eigenvalue weighted by molar-refractivity contribution is 7.92. The molecule has 0 saturated carbocycles. The molecule has 0 bridgehead atoms. The van der Waals surface area contributed by atoms with Crippen LogP contribution in [0.2, 0.25) is 0 Å². The van der Waals surface area contributed by atoms with Crippen molar-refractivity contribution < 1.29 is 17.9 Å². The van der Waals surface area contributed by atoms with E-state index in [0.717, 1.165) is 5.56 Å². The summed E-state index contributed by atoms with van der Waals surface area (Å²) in [5.41, 5.74) is 1.77. The standard InChI is InChI=1S/C19H25N3O4S/c1-13(2)12-20-19(23)21-15-6-8-16(9-7-15)27(24,25)22-17-11-14(3)5-10-18(17)26-4/h5-11,13,22H,12H2,1-4H3,(H2,20,21,23). The first-order valence-corrected chi connectivity index (χ1v) is 10.0. The molecule has 2 aromatic carbocycles. The summed E-state index contributed by atoms with van der Waals surface area (Å²) in [5.74, 6) is 0.775. The largest absolute Gasteiger partial charge is 0.495 e. The average molecular weight is 391 g/mol. The average Bonchev–Trinajstić information content (AvgIpc) is 2.60. The second-order valence-electron chi connectivity index (χ2n) is 6.56. The molecule has 0 heterocycles. The lowest BCUT2D eigenvalue weighted by atomic mass is 10.2. The number of anilines is 2. The minimum absolute atomic E-state index is 0.0826. The molecule has 0 aliphatic carbocycles. The summed E-state index contributed by atoms with van der Waals surface area (Å²) < 4.78 is 33.0.